The zero-order valence-electron chi connectivity index (χ0n) is 17.4. The summed E-state index contributed by atoms with van der Waals surface area (Å²) in [4.78, 5) is 43.6. The molecule has 8 nitrogen and oxygen atoms in total. The van der Waals surface area contributed by atoms with Crippen LogP contribution in [0.15, 0.2) is 50.5 Å². The van der Waals surface area contributed by atoms with Crippen LogP contribution in [0, 0.1) is 5.82 Å². The van der Waals surface area contributed by atoms with Crippen molar-refractivity contribution in [2.75, 3.05) is 6.54 Å². The molecule has 4 rings (SSSR count). The standard InChI is InChI=1S/C22H23FN4O4/c1-25-18(12-19(28)26(2)22(25)30)21(29)27-10-4-3-5-17(27)20-24-13-16(31-20)11-14-6-8-15(23)9-7-14/h6-9,12-13,17H,3-5,10-11H2,1-2H3/t17-/m0/s1. The third-order valence-electron chi connectivity index (χ3n) is 5.66. The highest BCUT2D eigenvalue weighted by Crippen LogP contribution is 2.32. The zero-order valence-corrected chi connectivity index (χ0v) is 17.4. The summed E-state index contributed by atoms with van der Waals surface area (Å²) in [5, 5.41) is 0. The molecule has 1 aromatic carbocycles. The molecule has 1 amide bonds. The summed E-state index contributed by atoms with van der Waals surface area (Å²) in [6, 6.07) is 6.95. The Kier molecular flexibility index (Phi) is 5.58. The summed E-state index contributed by atoms with van der Waals surface area (Å²) >= 11 is 0. The van der Waals surface area contributed by atoms with Gasteiger partial charge in [-0.15, -0.1) is 0 Å². The van der Waals surface area contributed by atoms with E-state index in [1.807, 2.05) is 0 Å². The summed E-state index contributed by atoms with van der Waals surface area (Å²) in [7, 11) is 2.85. The first-order valence-corrected chi connectivity index (χ1v) is 10.1. The molecule has 1 aliphatic heterocycles. The number of hydrogen-bond donors (Lipinski definition) is 0. The number of carbonyl (C=O) groups is 1. The van der Waals surface area contributed by atoms with Gasteiger partial charge in [-0.05, 0) is 37.0 Å². The summed E-state index contributed by atoms with van der Waals surface area (Å²) in [5.74, 6) is 0.323. The molecule has 0 spiro atoms. The van der Waals surface area contributed by atoms with E-state index in [1.54, 1.807) is 23.2 Å². The Balaban J connectivity index is 1.61. The molecule has 1 aliphatic rings. The van der Waals surface area contributed by atoms with Crippen LogP contribution in [0.2, 0.25) is 0 Å². The van der Waals surface area contributed by atoms with E-state index < -0.39 is 17.2 Å². The third kappa shape index (κ3) is 4.08. The van der Waals surface area contributed by atoms with Gasteiger partial charge in [0, 0.05) is 33.1 Å². The molecule has 0 N–H and O–H groups in total. The van der Waals surface area contributed by atoms with Crippen LogP contribution in [0.4, 0.5) is 4.39 Å². The van der Waals surface area contributed by atoms with Gasteiger partial charge in [-0.25, -0.2) is 14.2 Å². The zero-order chi connectivity index (χ0) is 22.1. The van der Waals surface area contributed by atoms with Crippen LogP contribution in [0.1, 0.15) is 53.0 Å². The Morgan fingerprint density at radius 2 is 1.90 bits per heavy atom. The molecule has 1 fully saturated rings. The molecular formula is C22H23FN4O4. The minimum Gasteiger partial charge on any atom is -0.443 e. The maximum Gasteiger partial charge on any atom is 0.331 e. The van der Waals surface area contributed by atoms with Crippen molar-refractivity contribution in [1.82, 2.24) is 19.0 Å². The molecule has 0 unspecified atom stereocenters. The highest BCUT2D eigenvalue weighted by Gasteiger charge is 2.33. The average molecular weight is 426 g/mol. The first-order chi connectivity index (χ1) is 14.8. The lowest BCUT2D eigenvalue weighted by atomic mass is 10.0. The van der Waals surface area contributed by atoms with E-state index in [9.17, 15) is 18.8 Å². The second-order valence-electron chi connectivity index (χ2n) is 7.75. The van der Waals surface area contributed by atoms with Crippen molar-refractivity contribution in [3.63, 3.8) is 0 Å². The summed E-state index contributed by atoms with van der Waals surface area (Å²) < 4.78 is 21.2. The van der Waals surface area contributed by atoms with Crippen LogP contribution >= 0.6 is 0 Å². The van der Waals surface area contributed by atoms with Crippen molar-refractivity contribution >= 4 is 5.91 Å². The number of likely N-dealkylation sites (tertiary alicyclic amines) is 1. The molecule has 162 valence electrons. The Morgan fingerprint density at radius 3 is 2.65 bits per heavy atom. The molecular weight excluding hydrogens is 403 g/mol. The van der Waals surface area contributed by atoms with Crippen molar-refractivity contribution in [3.05, 3.63) is 86.1 Å². The molecule has 0 saturated carbocycles. The molecule has 0 aliphatic carbocycles. The van der Waals surface area contributed by atoms with Crippen LogP contribution in [0.3, 0.4) is 0 Å². The van der Waals surface area contributed by atoms with Gasteiger partial charge in [-0.1, -0.05) is 12.1 Å². The van der Waals surface area contributed by atoms with E-state index in [4.69, 9.17) is 4.42 Å². The van der Waals surface area contributed by atoms with Gasteiger partial charge in [0.1, 0.15) is 23.3 Å². The van der Waals surface area contributed by atoms with Crippen LogP contribution in [-0.2, 0) is 20.5 Å². The smallest absolute Gasteiger partial charge is 0.331 e. The normalized spacial score (nSPS) is 16.5. The maximum atomic E-state index is 13.3. The Labute approximate surface area is 177 Å². The molecule has 3 aromatic rings. The molecule has 1 saturated heterocycles. The Bertz CT molecular complexity index is 1230. The van der Waals surface area contributed by atoms with Gasteiger partial charge < -0.3 is 9.32 Å². The number of rotatable bonds is 4. The van der Waals surface area contributed by atoms with Crippen LogP contribution in [0.25, 0.3) is 0 Å². The number of amides is 1. The lowest BCUT2D eigenvalue weighted by Gasteiger charge is -2.34. The second kappa shape index (κ2) is 8.33. The minimum atomic E-state index is -0.554. The summed E-state index contributed by atoms with van der Waals surface area (Å²) in [6.45, 7) is 0.475. The fraction of sp³-hybridized carbons (Fsp3) is 0.364. The molecule has 31 heavy (non-hydrogen) atoms. The number of nitrogens with zero attached hydrogens (tertiary/aromatic N) is 4. The highest BCUT2D eigenvalue weighted by molar-refractivity contribution is 5.92. The third-order valence-corrected chi connectivity index (χ3v) is 5.66. The minimum absolute atomic E-state index is 0.0399. The fourth-order valence-corrected chi connectivity index (χ4v) is 3.88. The van der Waals surface area contributed by atoms with Gasteiger partial charge in [0.25, 0.3) is 11.5 Å². The van der Waals surface area contributed by atoms with Crippen molar-refractivity contribution in [3.8, 4) is 0 Å². The van der Waals surface area contributed by atoms with E-state index in [0.717, 1.165) is 23.0 Å². The first-order valence-electron chi connectivity index (χ1n) is 10.1. The Morgan fingerprint density at radius 1 is 1.16 bits per heavy atom. The predicted octanol–water partition coefficient (Wildman–Crippen LogP) is 2.17. The number of carbonyl (C=O) groups excluding carboxylic acids is 1. The van der Waals surface area contributed by atoms with E-state index in [2.05, 4.69) is 4.98 Å². The number of benzene rings is 1. The van der Waals surface area contributed by atoms with Gasteiger partial charge >= 0.3 is 5.69 Å². The molecule has 0 bridgehead atoms. The van der Waals surface area contributed by atoms with Gasteiger partial charge in [0.2, 0.25) is 5.89 Å². The number of piperidine rings is 1. The fourth-order valence-electron chi connectivity index (χ4n) is 3.88. The van der Waals surface area contributed by atoms with Crippen LogP contribution < -0.4 is 11.2 Å². The van der Waals surface area contributed by atoms with Gasteiger partial charge in [-0.3, -0.25) is 18.7 Å². The van der Waals surface area contributed by atoms with E-state index in [-0.39, 0.29) is 17.6 Å². The number of aromatic nitrogens is 3. The van der Waals surface area contributed by atoms with Crippen molar-refractivity contribution in [2.45, 2.75) is 31.7 Å². The average Bonchev–Trinajstić information content (AvgIpc) is 3.24. The molecule has 1 atom stereocenters. The van der Waals surface area contributed by atoms with Crippen LogP contribution in [-0.4, -0.2) is 31.5 Å². The largest absolute Gasteiger partial charge is 0.443 e. The van der Waals surface area contributed by atoms with Crippen LogP contribution in [0.5, 0.6) is 0 Å². The van der Waals surface area contributed by atoms with E-state index in [1.165, 1.54) is 36.9 Å². The number of hydrogen-bond acceptors (Lipinski definition) is 5. The van der Waals surface area contributed by atoms with E-state index in [0.29, 0.717) is 31.0 Å². The van der Waals surface area contributed by atoms with Crippen molar-refractivity contribution in [2.24, 2.45) is 14.1 Å². The Hall–Kier alpha value is -3.49. The topological polar surface area (TPSA) is 90.3 Å². The lowest BCUT2D eigenvalue weighted by molar-refractivity contribution is 0.0557. The second-order valence-corrected chi connectivity index (χ2v) is 7.75. The maximum absolute atomic E-state index is 13.3. The number of oxazole rings is 1. The lowest BCUT2D eigenvalue weighted by Crippen LogP contribution is -2.44. The number of halogens is 1. The van der Waals surface area contributed by atoms with Crippen molar-refractivity contribution in [1.29, 1.82) is 0 Å². The first kappa shape index (κ1) is 20.8. The molecule has 3 heterocycles. The summed E-state index contributed by atoms with van der Waals surface area (Å²) in [5.41, 5.74) is -0.159. The molecule has 0 radical (unpaired) electrons. The van der Waals surface area contributed by atoms with Gasteiger partial charge in [0.15, 0.2) is 0 Å². The quantitative estimate of drug-likeness (QED) is 0.638. The molecule has 2 aromatic heterocycles. The highest BCUT2D eigenvalue weighted by atomic mass is 19.1. The monoisotopic (exact) mass is 426 g/mol. The van der Waals surface area contributed by atoms with Gasteiger partial charge in [0.05, 0.1) is 6.20 Å². The van der Waals surface area contributed by atoms with E-state index >= 15 is 0 Å². The van der Waals surface area contributed by atoms with Gasteiger partial charge in [-0.2, -0.15) is 0 Å². The predicted molar refractivity (Wildman–Crippen MR) is 110 cm³/mol. The summed E-state index contributed by atoms with van der Waals surface area (Å²) in [6.07, 6.45) is 4.45. The SMILES string of the molecule is Cn1c(C(=O)N2CCCC[C@H]2c2ncc(Cc3ccc(F)cc3)o2)cc(=O)n(C)c1=O. The van der Waals surface area contributed by atoms with Crippen molar-refractivity contribution < 1.29 is 13.6 Å². The molecule has 9 heteroatoms.